The van der Waals surface area contributed by atoms with E-state index in [1.807, 2.05) is 17.8 Å². The van der Waals surface area contributed by atoms with Crippen LogP contribution in [0.1, 0.15) is 16.7 Å². The van der Waals surface area contributed by atoms with Crippen LogP contribution in [-0.2, 0) is 13.0 Å². The standard InChI is InChI=1S/C18H22N2S/c1-14-5-7-16(8-6-14)21-12-11-20-10-9-15-3-2-4-18(19)17(15)13-20/h2-8H,9-13,19H2,1H3. The lowest BCUT2D eigenvalue weighted by Crippen LogP contribution is -2.32. The van der Waals surface area contributed by atoms with Gasteiger partial charge in [-0.05, 0) is 42.7 Å². The fraction of sp³-hybridized carbons (Fsp3) is 0.333. The highest BCUT2D eigenvalue weighted by molar-refractivity contribution is 7.99. The van der Waals surface area contributed by atoms with Crippen molar-refractivity contribution >= 4 is 17.4 Å². The molecule has 0 saturated heterocycles. The Morgan fingerprint density at radius 3 is 2.76 bits per heavy atom. The second-order valence-corrected chi connectivity index (χ2v) is 6.84. The average Bonchev–Trinajstić information content (AvgIpc) is 2.50. The van der Waals surface area contributed by atoms with E-state index in [2.05, 4.69) is 48.2 Å². The zero-order valence-electron chi connectivity index (χ0n) is 12.5. The normalized spacial score (nSPS) is 14.9. The smallest absolute Gasteiger partial charge is 0.0362 e. The fourth-order valence-corrected chi connectivity index (χ4v) is 3.69. The highest BCUT2D eigenvalue weighted by Crippen LogP contribution is 2.25. The second kappa shape index (κ2) is 6.54. The van der Waals surface area contributed by atoms with Crippen LogP contribution in [0.4, 0.5) is 5.69 Å². The van der Waals surface area contributed by atoms with Gasteiger partial charge in [-0.1, -0.05) is 29.8 Å². The molecule has 0 saturated carbocycles. The molecule has 0 aromatic heterocycles. The number of nitrogens with zero attached hydrogens (tertiary/aromatic N) is 1. The summed E-state index contributed by atoms with van der Waals surface area (Å²) in [4.78, 5) is 3.87. The van der Waals surface area contributed by atoms with E-state index in [9.17, 15) is 0 Å². The third kappa shape index (κ3) is 3.60. The van der Waals surface area contributed by atoms with Gasteiger partial charge in [0.15, 0.2) is 0 Å². The first kappa shape index (κ1) is 14.5. The number of thioether (sulfide) groups is 1. The fourth-order valence-electron chi connectivity index (χ4n) is 2.78. The molecule has 0 spiro atoms. The molecule has 2 aromatic carbocycles. The molecule has 1 aliphatic heterocycles. The first-order chi connectivity index (χ1) is 10.2. The molecule has 0 amide bonds. The van der Waals surface area contributed by atoms with Gasteiger partial charge < -0.3 is 5.73 Å². The van der Waals surface area contributed by atoms with Crippen molar-refractivity contribution in [1.29, 1.82) is 0 Å². The van der Waals surface area contributed by atoms with Crippen LogP contribution in [0.2, 0.25) is 0 Å². The van der Waals surface area contributed by atoms with E-state index < -0.39 is 0 Å². The summed E-state index contributed by atoms with van der Waals surface area (Å²) in [5, 5.41) is 0. The molecular weight excluding hydrogens is 276 g/mol. The van der Waals surface area contributed by atoms with Crippen LogP contribution >= 0.6 is 11.8 Å². The number of nitrogen functional groups attached to an aromatic ring is 1. The number of hydrogen-bond donors (Lipinski definition) is 1. The van der Waals surface area contributed by atoms with Crippen molar-refractivity contribution in [3.63, 3.8) is 0 Å². The summed E-state index contributed by atoms with van der Waals surface area (Å²) in [5.74, 6) is 1.13. The number of benzene rings is 2. The molecule has 0 atom stereocenters. The number of rotatable bonds is 4. The summed E-state index contributed by atoms with van der Waals surface area (Å²) in [7, 11) is 0. The first-order valence-corrected chi connectivity index (χ1v) is 8.49. The van der Waals surface area contributed by atoms with Crippen LogP contribution in [0.15, 0.2) is 47.4 Å². The van der Waals surface area contributed by atoms with Crippen molar-refractivity contribution in [1.82, 2.24) is 4.90 Å². The maximum absolute atomic E-state index is 6.11. The SMILES string of the molecule is Cc1ccc(SCCN2CCc3cccc(N)c3C2)cc1. The molecule has 110 valence electrons. The van der Waals surface area contributed by atoms with Gasteiger partial charge in [0.05, 0.1) is 0 Å². The second-order valence-electron chi connectivity index (χ2n) is 5.67. The van der Waals surface area contributed by atoms with E-state index in [4.69, 9.17) is 5.73 Å². The Balaban J connectivity index is 1.53. The summed E-state index contributed by atoms with van der Waals surface area (Å²) in [6, 6.07) is 15.1. The van der Waals surface area contributed by atoms with Gasteiger partial charge in [-0.25, -0.2) is 0 Å². The predicted octanol–water partition coefficient (Wildman–Crippen LogP) is 3.73. The molecular formula is C18H22N2S. The highest BCUT2D eigenvalue weighted by atomic mass is 32.2. The molecule has 0 aliphatic carbocycles. The Morgan fingerprint density at radius 1 is 1.14 bits per heavy atom. The summed E-state index contributed by atoms with van der Waals surface area (Å²) < 4.78 is 0. The van der Waals surface area contributed by atoms with Gasteiger partial charge in [0.25, 0.3) is 0 Å². The largest absolute Gasteiger partial charge is 0.398 e. The van der Waals surface area contributed by atoms with Crippen LogP contribution in [0.3, 0.4) is 0 Å². The molecule has 1 heterocycles. The number of aryl methyl sites for hydroxylation is 1. The van der Waals surface area contributed by atoms with Gasteiger partial charge in [-0.15, -0.1) is 11.8 Å². The maximum atomic E-state index is 6.11. The molecule has 2 N–H and O–H groups in total. The quantitative estimate of drug-likeness (QED) is 0.689. The predicted molar refractivity (Wildman–Crippen MR) is 91.7 cm³/mol. The molecule has 0 bridgehead atoms. The number of nitrogens with two attached hydrogens (primary N) is 1. The lowest BCUT2D eigenvalue weighted by molar-refractivity contribution is 0.271. The number of anilines is 1. The van der Waals surface area contributed by atoms with Crippen LogP contribution in [0.25, 0.3) is 0 Å². The van der Waals surface area contributed by atoms with Crippen molar-refractivity contribution in [3.8, 4) is 0 Å². The number of hydrogen-bond acceptors (Lipinski definition) is 3. The average molecular weight is 298 g/mol. The molecule has 0 fully saturated rings. The maximum Gasteiger partial charge on any atom is 0.0362 e. The third-order valence-corrected chi connectivity index (χ3v) is 5.08. The van der Waals surface area contributed by atoms with Crippen LogP contribution in [0, 0.1) is 6.92 Å². The van der Waals surface area contributed by atoms with Gasteiger partial charge in [-0.3, -0.25) is 4.90 Å². The lowest BCUT2D eigenvalue weighted by atomic mass is 9.98. The van der Waals surface area contributed by atoms with Crippen molar-refractivity contribution in [3.05, 3.63) is 59.2 Å². The zero-order chi connectivity index (χ0) is 14.7. The summed E-state index contributed by atoms with van der Waals surface area (Å²) in [6.07, 6.45) is 1.12. The highest BCUT2D eigenvalue weighted by Gasteiger charge is 2.17. The first-order valence-electron chi connectivity index (χ1n) is 7.50. The van der Waals surface area contributed by atoms with Gasteiger partial charge >= 0.3 is 0 Å². The summed E-state index contributed by atoms with van der Waals surface area (Å²) in [6.45, 7) is 5.39. The van der Waals surface area contributed by atoms with E-state index in [-0.39, 0.29) is 0 Å². The monoisotopic (exact) mass is 298 g/mol. The van der Waals surface area contributed by atoms with E-state index >= 15 is 0 Å². The van der Waals surface area contributed by atoms with Gasteiger partial charge in [0.1, 0.15) is 0 Å². The minimum Gasteiger partial charge on any atom is -0.398 e. The van der Waals surface area contributed by atoms with E-state index in [0.29, 0.717) is 0 Å². The van der Waals surface area contributed by atoms with Crippen molar-refractivity contribution in [2.75, 3.05) is 24.6 Å². The van der Waals surface area contributed by atoms with Crippen molar-refractivity contribution < 1.29 is 0 Å². The van der Waals surface area contributed by atoms with Crippen molar-refractivity contribution in [2.45, 2.75) is 24.8 Å². The molecule has 0 unspecified atom stereocenters. The Kier molecular flexibility index (Phi) is 4.51. The topological polar surface area (TPSA) is 29.3 Å². The number of fused-ring (bicyclic) bond motifs is 1. The van der Waals surface area contributed by atoms with Gasteiger partial charge in [0.2, 0.25) is 0 Å². The zero-order valence-corrected chi connectivity index (χ0v) is 13.3. The van der Waals surface area contributed by atoms with Crippen molar-refractivity contribution in [2.24, 2.45) is 0 Å². The Bertz CT molecular complexity index is 607. The molecule has 2 nitrogen and oxygen atoms in total. The minimum atomic E-state index is 0.948. The van der Waals surface area contributed by atoms with Crippen LogP contribution < -0.4 is 5.73 Å². The molecule has 21 heavy (non-hydrogen) atoms. The molecule has 0 radical (unpaired) electrons. The minimum absolute atomic E-state index is 0.948. The molecule has 3 heteroatoms. The Hall–Kier alpha value is -1.45. The van der Waals surface area contributed by atoms with E-state index in [1.165, 1.54) is 21.6 Å². The third-order valence-electron chi connectivity index (χ3n) is 4.09. The van der Waals surface area contributed by atoms with Gasteiger partial charge in [0, 0.05) is 36.0 Å². The van der Waals surface area contributed by atoms with E-state index in [0.717, 1.165) is 37.5 Å². The lowest BCUT2D eigenvalue weighted by Gasteiger charge is -2.29. The summed E-state index contributed by atoms with van der Waals surface area (Å²) in [5.41, 5.74) is 11.1. The Morgan fingerprint density at radius 2 is 1.95 bits per heavy atom. The molecule has 3 rings (SSSR count). The summed E-state index contributed by atoms with van der Waals surface area (Å²) >= 11 is 1.94. The Labute approximate surface area is 131 Å². The van der Waals surface area contributed by atoms with Gasteiger partial charge in [-0.2, -0.15) is 0 Å². The van der Waals surface area contributed by atoms with Crippen LogP contribution in [-0.4, -0.2) is 23.7 Å². The molecule has 1 aliphatic rings. The van der Waals surface area contributed by atoms with Crippen LogP contribution in [0.5, 0.6) is 0 Å². The van der Waals surface area contributed by atoms with E-state index in [1.54, 1.807) is 0 Å². The molecule has 2 aromatic rings.